The minimum Gasteiger partial charge on any atom is -0.368 e. The molecule has 2 aromatic carbocycles. The number of pyridine rings is 1. The van der Waals surface area contributed by atoms with Gasteiger partial charge < -0.3 is 16.0 Å². The van der Waals surface area contributed by atoms with Gasteiger partial charge in [0.1, 0.15) is 5.82 Å². The lowest BCUT2D eigenvalue weighted by molar-refractivity contribution is 0.126. The molecule has 6 nitrogen and oxygen atoms in total. The number of piperidine rings is 1. The number of fused-ring (bicyclic) bond motifs is 2. The predicted octanol–water partition coefficient (Wildman–Crippen LogP) is 3.62. The van der Waals surface area contributed by atoms with E-state index in [2.05, 4.69) is 68.7 Å². The normalized spacial score (nSPS) is 18.1. The second-order valence-electron chi connectivity index (χ2n) is 8.62. The van der Waals surface area contributed by atoms with Gasteiger partial charge in [0.25, 0.3) is 0 Å². The molecule has 4 heterocycles. The highest BCUT2D eigenvalue weighted by Crippen LogP contribution is 2.40. The fourth-order valence-corrected chi connectivity index (χ4v) is 4.89. The summed E-state index contributed by atoms with van der Waals surface area (Å²) in [6, 6.07) is 17.2. The highest BCUT2D eigenvalue weighted by molar-refractivity contribution is 6.01. The van der Waals surface area contributed by atoms with Crippen molar-refractivity contribution in [2.45, 2.75) is 12.8 Å². The van der Waals surface area contributed by atoms with Gasteiger partial charge in [-0.25, -0.2) is 9.97 Å². The third-order valence-corrected chi connectivity index (χ3v) is 6.77. The largest absolute Gasteiger partial charge is 0.368 e. The smallest absolute Gasteiger partial charge is 0.222 e. The lowest BCUT2D eigenvalue weighted by atomic mass is 9.73. The number of anilines is 2. The van der Waals surface area contributed by atoms with E-state index >= 15 is 0 Å². The highest BCUT2D eigenvalue weighted by Gasteiger charge is 2.40. The number of hydrogen-bond acceptors (Lipinski definition) is 6. The lowest BCUT2D eigenvalue weighted by Gasteiger charge is -2.48. The van der Waals surface area contributed by atoms with Crippen LogP contribution in [0, 0.1) is 5.41 Å². The van der Waals surface area contributed by atoms with Crippen molar-refractivity contribution in [1.29, 1.82) is 0 Å². The summed E-state index contributed by atoms with van der Waals surface area (Å²) in [5.41, 5.74) is 9.33. The molecular weight excluding hydrogens is 372 g/mol. The first-order valence-corrected chi connectivity index (χ1v) is 10.6. The van der Waals surface area contributed by atoms with Crippen molar-refractivity contribution in [2.75, 3.05) is 36.8 Å². The summed E-state index contributed by atoms with van der Waals surface area (Å²) in [4.78, 5) is 16.0. The fourth-order valence-electron chi connectivity index (χ4n) is 4.89. The van der Waals surface area contributed by atoms with Gasteiger partial charge in [-0.3, -0.25) is 0 Å². The molecule has 2 fully saturated rings. The zero-order chi connectivity index (χ0) is 20.1. The maximum atomic E-state index is 5.85. The quantitative estimate of drug-likeness (QED) is 0.539. The molecule has 2 aromatic heterocycles. The third-order valence-electron chi connectivity index (χ3n) is 6.77. The summed E-state index contributed by atoms with van der Waals surface area (Å²) >= 11 is 0. The average Bonchev–Trinajstić information content (AvgIpc) is 2.77. The molecule has 0 saturated carbocycles. The summed E-state index contributed by atoms with van der Waals surface area (Å²) in [7, 11) is 0. The Kier molecular flexibility index (Phi) is 3.89. The first kappa shape index (κ1) is 17.6. The molecule has 1 spiro atoms. The molecule has 2 aliphatic heterocycles. The molecule has 0 radical (unpaired) electrons. The zero-order valence-electron chi connectivity index (χ0n) is 16.8. The van der Waals surface area contributed by atoms with E-state index in [9.17, 15) is 0 Å². The lowest BCUT2D eigenvalue weighted by Crippen LogP contribution is -2.58. The molecule has 0 bridgehead atoms. The van der Waals surface area contributed by atoms with Crippen molar-refractivity contribution in [3.8, 4) is 11.1 Å². The number of nitrogens with one attached hydrogen (secondary N) is 1. The van der Waals surface area contributed by atoms with Gasteiger partial charge in [-0.2, -0.15) is 4.98 Å². The SMILES string of the molecule is Nc1ncc2cc(-c3cccc4ccccc34)c(N3CCC4(CC3)CNC4)nc2n1. The second kappa shape index (κ2) is 6.64. The predicted molar refractivity (Wildman–Crippen MR) is 121 cm³/mol. The topological polar surface area (TPSA) is 80.0 Å². The van der Waals surface area contributed by atoms with Gasteiger partial charge >= 0.3 is 0 Å². The van der Waals surface area contributed by atoms with E-state index in [0.717, 1.165) is 42.9 Å². The van der Waals surface area contributed by atoms with E-state index in [4.69, 9.17) is 10.7 Å². The molecule has 30 heavy (non-hydrogen) atoms. The van der Waals surface area contributed by atoms with Gasteiger partial charge in [0.15, 0.2) is 5.65 Å². The van der Waals surface area contributed by atoms with Crippen LogP contribution in [0.1, 0.15) is 12.8 Å². The Morgan fingerprint density at radius 2 is 1.70 bits per heavy atom. The summed E-state index contributed by atoms with van der Waals surface area (Å²) in [6.07, 6.45) is 4.16. The monoisotopic (exact) mass is 396 g/mol. The summed E-state index contributed by atoms with van der Waals surface area (Å²) < 4.78 is 0. The van der Waals surface area contributed by atoms with Gasteiger partial charge in [-0.15, -0.1) is 0 Å². The standard InChI is InChI=1S/C24H24N6/c25-23-27-13-17-12-20(19-7-3-5-16-4-1-2-6-18(16)19)22(28-21(17)29-23)30-10-8-24(9-11-30)14-26-15-24/h1-7,12-13,26H,8-11,14-15H2,(H2,25,27,28,29). The number of benzene rings is 2. The van der Waals surface area contributed by atoms with Crippen LogP contribution in [0.3, 0.4) is 0 Å². The molecule has 2 saturated heterocycles. The molecule has 3 N–H and O–H groups in total. The maximum absolute atomic E-state index is 5.85. The summed E-state index contributed by atoms with van der Waals surface area (Å²) in [5.74, 6) is 1.26. The van der Waals surface area contributed by atoms with E-state index in [-0.39, 0.29) is 5.95 Å². The van der Waals surface area contributed by atoms with Gasteiger partial charge in [-0.05, 0) is 40.7 Å². The number of nitrogen functional groups attached to an aromatic ring is 1. The number of nitrogens with two attached hydrogens (primary N) is 1. The van der Waals surface area contributed by atoms with E-state index in [1.54, 1.807) is 6.20 Å². The van der Waals surface area contributed by atoms with Gasteiger partial charge in [0.05, 0.1) is 0 Å². The summed E-state index contributed by atoms with van der Waals surface area (Å²) in [6.45, 7) is 4.31. The number of hydrogen-bond donors (Lipinski definition) is 2. The highest BCUT2D eigenvalue weighted by atomic mass is 15.2. The molecule has 6 rings (SSSR count). The average molecular weight is 396 g/mol. The molecular formula is C24H24N6. The van der Waals surface area contributed by atoms with E-state index in [1.807, 2.05) is 0 Å². The fraction of sp³-hybridized carbons (Fsp3) is 0.292. The third kappa shape index (κ3) is 2.79. The Balaban J connectivity index is 1.53. The second-order valence-corrected chi connectivity index (χ2v) is 8.62. The van der Waals surface area contributed by atoms with Crippen LogP contribution >= 0.6 is 0 Å². The molecule has 0 unspecified atom stereocenters. The molecule has 0 amide bonds. The van der Waals surface area contributed by atoms with E-state index < -0.39 is 0 Å². The molecule has 0 aliphatic carbocycles. The van der Waals surface area contributed by atoms with Crippen LogP contribution in [-0.2, 0) is 0 Å². The Bertz CT molecular complexity index is 1250. The van der Waals surface area contributed by atoms with Crippen molar-refractivity contribution in [2.24, 2.45) is 5.41 Å². The zero-order valence-corrected chi connectivity index (χ0v) is 16.8. The molecule has 2 aliphatic rings. The van der Waals surface area contributed by atoms with Gasteiger partial charge in [0.2, 0.25) is 5.95 Å². The van der Waals surface area contributed by atoms with E-state index in [0.29, 0.717) is 11.1 Å². The van der Waals surface area contributed by atoms with Crippen molar-refractivity contribution >= 4 is 33.6 Å². The van der Waals surface area contributed by atoms with Crippen LogP contribution in [0.4, 0.5) is 11.8 Å². The maximum Gasteiger partial charge on any atom is 0.222 e. The Labute approximate surface area is 175 Å². The Morgan fingerprint density at radius 3 is 2.50 bits per heavy atom. The van der Waals surface area contributed by atoms with Crippen molar-refractivity contribution in [3.05, 3.63) is 54.7 Å². The minimum atomic E-state index is 0.261. The molecule has 0 atom stereocenters. The minimum absolute atomic E-state index is 0.261. The van der Waals surface area contributed by atoms with Crippen LogP contribution in [-0.4, -0.2) is 41.1 Å². The van der Waals surface area contributed by atoms with Gasteiger partial charge in [-0.1, -0.05) is 42.5 Å². The first-order valence-electron chi connectivity index (χ1n) is 10.6. The Morgan fingerprint density at radius 1 is 0.900 bits per heavy atom. The van der Waals surface area contributed by atoms with Crippen molar-refractivity contribution < 1.29 is 0 Å². The van der Waals surface area contributed by atoms with E-state index in [1.165, 1.54) is 29.2 Å². The number of aromatic nitrogens is 3. The van der Waals surface area contributed by atoms with Crippen molar-refractivity contribution in [1.82, 2.24) is 20.3 Å². The number of nitrogens with zero attached hydrogens (tertiary/aromatic N) is 4. The van der Waals surface area contributed by atoms with Crippen molar-refractivity contribution in [3.63, 3.8) is 0 Å². The van der Waals surface area contributed by atoms with Crippen LogP contribution in [0.25, 0.3) is 32.9 Å². The van der Waals surface area contributed by atoms with Crippen LogP contribution in [0.15, 0.2) is 54.7 Å². The molecule has 6 heteroatoms. The van der Waals surface area contributed by atoms with Gasteiger partial charge in [0, 0.05) is 43.3 Å². The Hall–Kier alpha value is -3.25. The first-order chi connectivity index (χ1) is 14.7. The summed E-state index contributed by atoms with van der Waals surface area (Å²) in [5, 5.41) is 6.82. The van der Waals surface area contributed by atoms with Crippen LogP contribution in [0.2, 0.25) is 0 Å². The van der Waals surface area contributed by atoms with Crippen LogP contribution in [0.5, 0.6) is 0 Å². The molecule has 150 valence electrons. The van der Waals surface area contributed by atoms with Crippen LogP contribution < -0.4 is 16.0 Å². The number of rotatable bonds is 2. The molecule has 4 aromatic rings.